The van der Waals surface area contributed by atoms with Crippen LogP contribution in [0.5, 0.6) is 0 Å². The molecular weight excluding hydrogens is 311 g/mol. The first kappa shape index (κ1) is 14.5. The van der Waals surface area contributed by atoms with Crippen LogP contribution in [0.15, 0.2) is 39.8 Å². The molecule has 0 bridgehead atoms. The number of aromatic carboxylic acids is 1. The molecule has 2 aromatic rings. The quantitative estimate of drug-likeness (QED) is 0.937. The van der Waals surface area contributed by atoms with Crippen molar-refractivity contribution in [3.63, 3.8) is 0 Å². The van der Waals surface area contributed by atoms with Gasteiger partial charge >= 0.3 is 5.97 Å². The lowest BCUT2D eigenvalue weighted by atomic mass is 10.2. The molecule has 8 heteroatoms. The van der Waals surface area contributed by atoms with Gasteiger partial charge in [0.25, 0.3) is 0 Å². The zero-order valence-electron chi connectivity index (χ0n) is 9.84. The molecule has 1 N–H and O–H groups in total. The first-order valence-corrected chi connectivity index (χ1v) is 7.32. The zero-order valence-corrected chi connectivity index (χ0v) is 11.4. The van der Waals surface area contributed by atoms with Crippen molar-refractivity contribution in [2.24, 2.45) is 0 Å². The van der Waals surface area contributed by atoms with Gasteiger partial charge in [0.2, 0.25) is 20.7 Å². The van der Waals surface area contributed by atoms with E-state index >= 15 is 0 Å². The minimum Gasteiger partial charge on any atom is -0.475 e. The van der Waals surface area contributed by atoms with Crippen LogP contribution in [0.1, 0.15) is 16.1 Å². The highest BCUT2D eigenvalue weighted by Crippen LogP contribution is 2.22. The number of sulfone groups is 1. The van der Waals surface area contributed by atoms with Crippen LogP contribution < -0.4 is 0 Å². The van der Waals surface area contributed by atoms with E-state index in [2.05, 4.69) is 0 Å². The second kappa shape index (κ2) is 5.26. The van der Waals surface area contributed by atoms with Gasteiger partial charge in [-0.25, -0.2) is 17.6 Å². The van der Waals surface area contributed by atoms with Crippen molar-refractivity contribution in [2.45, 2.75) is 10.8 Å². The number of rotatable bonds is 4. The monoisotopic (exact) mass is 318 g/mol. The normalized spacial score (nSPS) is 11.5. The molecule has 1 aromatic carbocycles. The predicted molar refractivity (Wildman–Crippen MR) is 68.0 cm³/mol. The third-order valence-corrected chi connectivity index (χ3v) is 4.22. The van der Waals surface area contributed by atoms with Crippen LogP contribution in [-0.2, 0) is 15.6 Å². The van der Waals surface area contributed by atoms with Crippen molar-refractivity contribution in [1.82, 2.24) is 0 Å². The summed E-state index contributed by atoms with van der Waals surface area (Å²) in [6, 6.07) is 5.65. The number of hydrogen-bond donors (Lipinski definition) is 1. The molecule has 0 aliphatic rings. The van der Waals surface area contributed by atoms with Crippen LogP contribution in [0.25, 0.3) is 0 Å². The van der Waals surface area contributed by atoms with Crippen LogP contribution in [-0.4, -0.2) is 19.5 Å². The number of carboxylic acid groups (broad SMARTS) is 1. The molecule has 0 aliphatic carbocycles. The van der Waals surface area contributed by atoms with Gasteiger partial charge in [0.05, 0.1) is 5.75 Å². The Morgan fingerprint density at radius 1 is 1.30 bits per heavy atom. The summed E-state index contributed by atoms with van der Waals surface area (Å²) in [5.41, 5.74) is -0.0809. The topological polar surface area (TPSA) is 84.6 Å². The molecule has 106 valence electrons. The predicted octanol–water partition coefficient (Wildman–Crippen LogP) is 2.74. The van der Waals surface area contributed by atoms with Crippen molar-refractivity contribution in [1.29, 1.82) is 0 Å². The lowest BCUT2D eigenvalue weighted by Gasteiger charge is -2.03. The highest BCUT2D eigenvalue weighted by atomic mass is 35.5. The number of furan rings is 1. The fourth-order valence-corrected chi connectivity index (χ4v) is 2.95. The summed E-state index contributed by atoms with van der Waals surface area (Å²) < 4.78 is 42.2. The molecule has 5 nitrogen and oxygen atoms in total. The minimum atomic E-state index is -3.97. The third-order valence-electron chi connectivity index (χ3n) is 2.46. The lowest BCUT2D eigenvalue weighted by molar-refractivity contribution is 0.0656. The van der Waals surface area contributed by atoms with E-state index in [0.29, 0.717) is 0 Å². The van der Waals surface area contributed by atoms with Gasteiger partial charge in [0.1, 0.15) is 5.82 Å². The van der Waals surface area contributed by atoms with E-state index in [9.17, 15) is 17.6 Å². The minimum absolute atomic E-state index is 0.0809. The number of halogens is 2. The summed E-state index contributed by atoms with van der Waals surface area (Å²) in [7, 11) is -3.97. The van der Waals surface area contributed by atoms with Crippen molar-refractivity contribution in [2.75, 3.05) is 0 Å². The second-order valence-corrected chi connectivity index (χ2v) is 6.28. The first-order valence-electron chi connectivity index (χ1n) is 5.29. The van der Waals surface area contributed by atoms with E-state index in [1.807, 2.05) is 0 Å². The molecule has 1 heterocycles. The summed E-state index contributed by atoms with van der Waals surface area (Å²) >= 11 is 5.57. The van der Waals surface area contributed by atoms with Gasteiger partial charge in [-0.05, 0) is 24.3 Å². The smallest absolute Gasteiger partial charge is 0.371 e. The largest absolute Gasteiger partial charge is 0.475 e. The molecular formula is C12H8ClFO5S. The van der Waals surface area contributed by atoms with E-state index in [1.54, 1.807) is 0 Å². The average Bonchev–Trinajstić information content (AvgIpc) is 2.83. The number of benzene rings is 1. The summed E-state index contributed by atoms with van der Waals surface area (Å²) in [5, 5.41) is 8.29. The van der Waals surface area contributed by atoms with Gasteiger partial charge in [-0.15, -0.1) is 0 Å². The van der Waals surface area contributed by atoms with Gasteiger partial charge in [0.15, 0.2) is 0 Å². The van der Waals surface area contributed by atoms with E-state index < -0.39 is 38.2 Å². The van der Waals surface area contributed by atoms with E-state index in [1.165, 1.54) is 12.1 Å². The Hall–Kier alpha value is -1.86. The third kappa shape index (κ3) is 3.00. The SMILES string of the molecule is O=C(O)c1ccc(S(=O)(=O)Cc2ccc(Cl)cc2F)o1. The Morgan fingerprint density at radius 2 is 2.00 bits per heavy atom. The maximum absolute atomic E-state index is 13.6. The summed E-state index contributed by atoms with van der Waals surface area (Å²) in [4.78, 5) is 10.6. The maximum atomic E-state index is 13.6. The second-order valence-electron chi connectivity index (χ2n) is 3.92. The van der Waals surface area contributed by atoms with Crippen molar-refractivity contribution in [3.8, 4) is 0 Å². The molecule has 1 aromatic heterocycles. The molecule has 0 unspecified atom stereocenters. The average molecular weight is 319 g/mol. The van der Waals surface area contributed by atoms with Gasteiger partial charge in [-0.1, -0.05) is 17.7 Å². The Bertz CT molecular complexity index is 766. The Labute approximate surface area is 118 Å². The summed E-state index contributed by atoms with van der Waals surface area (Å²) in [6.07, 6.45) is 0. The first-order chi connectivity index (χ1) is 9.29. The molecule has 20 heavy (non-hydrogen) atoms. The summed E-state index contributed by atoms with van der Waals surface area (Å²) in [5.74, 6) is -3.29. The fraction of sp³-hybridized carbons (Fsp3) is 0.0833. The van der Waals surface area contributed by atoms with Crippen molar-refractivity contribution >= 4 is 27.4 Å². The van der Waals surface area contributed by atoms with Crippen LogP contribution in [0.3, 0.4) is 0 Å². The van der Waals surface area contributed by atoms with Crippen LogP contribution in [0.2, 0.25) is 5.02 Å². The Balaban J connectivity index is 2.33. The van der Waals surface area contributed by atoms with E-state index in [0.717, 1.165) is 18.2 Å². The molecule has 0 saturated carbocycles. The molecule has 0 fully saturated rings. The number of carboxylic acids is 1. The zero-order chi connectivity index (χ0) is 14.9. The molecule has 0 aliphatic heterocycles. The lowest BCUT2D eigenvalue weighted by Crippen LogP contribution is -2.05. The molecule has 0 amide bonds. The van der Waals surface area contributed by atoms with E-state index in [-0.39, 0.29) is 10.6 Å². The Kier molecular flexibility index (Phi) is 3.82. The number of carbonyl (C=O) groups is 1. The fourth-order valence-electron chi connectivity index (χ4n) is 1.52. The van der Waals surface area contributed by atoms with Crippen molar-refractivity contribution in [3.05, 3.63) is 52.5 Å². The maximum Gasteiger partial charge on any atom is 0.371 e. The van der Waals surface area contributed by atoms with Gasteiger partial charge < -0.3 is 9.52 Å². The standard InChI is InChI=1S/C12H8ClFO5S/c13-8-2-1-7(9(14)5-8)6-20(17,18)11-4-3-10(19-11)12(15)16/h1-5H,6H2,(H,15,16). The van der Waals surface area contributed by atoms with Crippen molar-refractivity contribution < 1.29 is 27.1 Å². The van der Waals surface area contributed by atoms with Gasteiger partial charge in [0, 0.05) is 10.6 Å². The van der Waals surface area contributed by atoms with Gasteiger partial charge in [-0.3, -0.25) is 0 Å². The molecule has 0 saturated heterocycles. The van der Waals surface area contributed by atoms with Crippen LogP contribution in [0, 0.1) is 5.82 Å². The molecule has 2 rings (SSSR count). The number of hydrogen-bond acceptors (Lipinski definition) is 4. The highest BCUT2D eigenvalue weighted by molar-refractivity contribution is 7.90. The molecule has 0 spiro atoms. The van der Waals surface area contributed by atoms with Gasteiger partial charge in [-0.2, -0.15) is 0 Å². The molecule has 0 atom stereocenters. The molecule has 0 radical (unpaired) electrons. The van der Waals surface area contributed by atoms with Crippen LogP contribution in [0.4, 0.5) is 4.39 Å². The Morgan fingerprint density at radius 3 is 2.55 bits per heavy atom. The summed E-state index contributed by atoms with van der Waals surface area (Å²) in [6.45, 7) is 0. The highest BCUT2D eigenvalue weighted by Gasteiger charge is 2.23. The van der Waals surface area contributed by atoms with E-state index in [4.69, 9.17) is 21.1 Å². The van der Waals surface area contributed by atoms with Crippen LogP contribution >= 0.6 is 11.6 Å².